The number of thioether (sulfide) groups is 1. The van der Waals surface area contributed by atoms with Gasteiger partial charge in [0.25, 0.3) is 0 Å². The highest BCUT2D eigenvalue weighted by molar-refractivity contribution is 8.01. The zero-order chi connectivity index (χ0) is 13.0. The number of thiazole rings is 1. The normalized spacial score (nSPS) is 24.7. The molecule has 1 fully saturated rings. The molecule has 2 unspecified atom stereocenters. The summed E-state index contributed by atoms with van der Waals surface area (Å²) in [6, 6.07) is 0. The van der Waals surface area contributed by atoms with E-state index >= 15 is 0 Å². The topological polar surface area (TPSA) is 70.4 Å². The van der Waals surface area contributed by atoms with Crippen molar-refractivity contribution >= 4 is 29.1 Å². The summed E-state index contributed by atoms with van der Waals surface area (Å²) < 4.78 is 0.872. The minimum Gasteiger partial charge on any atom is -0.481 e. The molecule has 0 saturated heterocycles. The van der Waals surface area contributed by atoms with Gasteiger partial charge in [-0.25, -0.2) is 4.98 Å². The van der Waals surface area contributed by atoms with Crippen molar-refractivity contribution in [2.75, 3.05) is 0 Å². The van der Waals surface area contributed by atoms with Gasteiger partial charge in [-0.1, -0.05) is 31.0 Å². The summed E-state index contributed by atoms with van der Waals surface area (Å²) in [5.41, 5.74) is 0.609. The molecule has 1 saturated carbocycles. The van der Waals surface area contributed by atoms with Crippen LogP contribution in [0.5, 0.6) is 0 Å². The molecule has 1 aromatic heterocycles. The number of aromatic nitrogens is 1. The number of rotatable bonds is 4. The van der Waals surface area contributed by atoms with E-state index in [4.69, 9.17) is 5.11 Å². The van der Waals surface area contributed by atoms with Crippen LogP contribution in [0, 0.1) is 0 Å². The van der Waals surface area contributed by atoms with E-state index in [1.165, 1.54) is 17.8 Å². The van der Waals surface area contributed by atoms with Gasteiger partial charge in [-0.15, -0.1) is 11.3 Å². The summed E-state index contributed by atoms with van der Waals surface area (Å²) in [4.78, 5) is 14.9. The molecule has 0 aliphatic heterocycles. The van der Waals surface area contributed by atoms with Crippen LogP contribution in [0.4, 0.5) is 0 Å². The predicted molar refractivity (Wildman–Crippen MR) is 72.2 cm³/mol. The SMILES string of the molecule is O=C(O)Cc1csc(SC2CCCCCC2O)n1. The Labute approximate surface area is 114 Å². The Morgan fingerprint density at radius 2 is 2.22 bits per heavy atom. The number of hydrogen-bond donors (Lipinski definition) is 2. The van der Waals surface area contributed by atoms with E-state index in [9.17, 15) is 9.90 Å². The Morgan fingerprint density at radius 1 is 1.44 bits per heavy atom. The molecule has 1 aliphatic rings. The van der Waals surface area contributed by atoms with Crippen LogP contribution in [-0.2, 0) is 11.2 Å². The van der Waals surface area contributed by atoms with Crippen LogP contribution in [0.3, 0.4) is 0 Å². The number of aliphatic carboxylic acids is 1. The van der Waals surface area contributed by atoms with Crippen molar-refractivity contribution in [1.82, 2.24) is 4.98 Å². The fraction of sp³-hybridized carbons (Fsp3) is 0.667. The van der Waals surface area contributed by atoms with Gasteiger partial charge in [0.15, 0.2) is 0 Å². The average Bonchev–Trinajstić information content (AvgIpc) is 2.63. The zero-order valence-electron chi connectivity index (χ0n) is 10.0. The molecule has 2 rings (SSSR count). The molecule has 0 bridgehead atoms. The van der Waals surface area contributed by atoms with E-state index in [2.05, 4.69) is 4.98 Å². The van der Waals surface area contributed by atoms with E-state index in [-0.39, 0.29) is 17.8 Å². The van der Waals surface area contributed by atoms with Crippen molar-refractivity contribution < 1.29 is 15.0 Å². The second kappa shape index (κ2) is 6.54. The summed E-state index contributed by atoms with van der Waals surface area (Å²) in [6.07, 6.45) is 5.04. The van der Waals surface area contributed by atoms with Crippen LogP contribution in [0.15, 0.2) is 9.72 Å². The van der Waals surface area contributed by atoms with Gasteiger partial charge in [-0.3, -0.25) is 4.79 Å². The molecule has 0 aromatic carbocycles. The molecule has 1 heterocycles. The smallest absolute Gasteiger partial charge is 0.309 e. The number of hydrogen-bond acceptors (Lipinski definition) is 5. The van der Waals surface area contributed by atoms with E-state index in [0.717, 1.165) is 30.0 Å². The van der Waals surface area contributed by atoms with Gasteiger partial charge in [0, 0.05) is 10.6 Å². The lowest BCUT2D eigenvalue weighted by atomic mass is 10.1. The molecule has 1 aliphatic carbocycles. The minimum atomic E-state index is -0.855. The first-order valence-electron chi connectivity index (χ1n) is 6.16. The van der Waals surface area contributed by atoms with Crippen LogP contribution in [0.25, 0.3) is 0 Å². The highest BCUT2D eigenvalue weighted by Gasteiger charge is 2.23. The third-order valence-corrected chi connectivity index (χ3v) is 5.44. The molecule has 2 N–H and O–H groups in total. The van der Waals surface area contributed by atoms with Crippen LogP contribution >= 0.6 is 23.1 Å². The Morgan fingerprint density at radius 3 is 3.00 bits per heavy atom. The molecule has 18 heavy (non-hydrogen) atoms. The summed E-state index contributed by atoms with van der Waals surface area (Å²) >= 11 is 3.07. The first-order valence-corrected chi connectivity index (χ1v) is 7.92. The van der Waals surface area contributed by atoms with Crippen molar-refractivity contribution in [3.8, 4) is 0 Å². The van der Waals surface area contributed by atoms with Gasteiger partial charge >= 0.3 is 5.97 Å². The number of carboxylic acids is 1. The Kier molecular flexibility index (Phi) is 5.03. The van der Waals surface area contributed by atoms with Crippen LogP contribution < -0.4 is 0 Å². The van der Waals surface area contributed by atoms with Crippen LogP contribution in [-0.4, -0.2) is 32.5 Å². The second-order valence-electron chi connectivity index (χ2n) is 4.54. The van der Waals surface area contributed by atoms with Crippen LogP contribution in [0.2, 0.25) is 0 Å². The van der Waals surface area contributed by atoms with E-state index < -0.39 is 5.97 Å². The first-order chi connectivity index (χ1) is 8.65. The zero-order valence-corrected chi connectivity index (χ0v) is 11.7. The molecular formula is C12H17NO3S2. The summed E-state index contributed by atoms with van der Waals surface area (Å²) in [5, 5.41) is 20.7. The Hall–Kier alpha value is -0.590. The largest absolute Gasteiger partial charge is 0.481 e. The maximum Gasteiger partial charge on any atom is 0.309 e. The monoisotopic (exact) mass is 287 g/mol. The fourth-order valence-corrected chi connectivity index (χ4v) is 4.39. The first kappa shape index (κ1) is 13.8. The maximum atomic E-state index is 10.6. The van der Waals surface area contributed by atoms with E-state index in [1.807, 2.05) is 0 Å². The average molecular weight is 287 g/mol. The standard InChI is InChI=1S/C12H17NO3S2/c14-9-4-2-1-3-5-10(9)18-12-13-8(7-17-12)6-11(15)16/h7,9-10,14H,1-6H2,(H,15,16). The van der Waals surface area contributed by atoms with Crippen molar-refractivity contribution in [1.29, 1.82) is 0 Å². The van der Waals surface area contributed by atoms with Gasteiger partial charge in [0.05, 0.1) is 18.2 Å². The van der Waals surface area contributed by atoms with Crippen molar-refractivity contribution in [3.05, 3.63) is 11.1 Å². The van der Waals surface area contributed by atoms with Gasteiger partial charge in [0.2, 0.25) is 0 Å². The number of carboxylic acid groups (broad SMARTS) is 1. The summed E-state index contributed by atoms with van der Waals surface area (Å²) in [6.45, 7) is 0. The Bertz CT molecular complexity index is 408. The summed E-state index contributed by atoms with van der Waals surface area (Å²) in [7, 11) is 0. The second-order valence-corrected chi connectivity index (χ2v) is 6.88. The molecule has 6 heteroatoms. The lowest BCUT2D eigenvalue weighted by Crippen LogP contribution is -2.21. The van der Waals surface area contributed by atoms with E-state index in [1.54, 1.807) is 17.1 Å². The number of aliphatic hydroxyl groups excluding tert-OH is 1. The molecule has 4 nitrogen and oxygen atoms in total. The van der Waals surface area contributed by atoms with E-state index in [0.29, 0.717) is 5.69 Å². The maximum absolute atomic E-state index is 10.6. The number of nitrogens with zero attached hydrogens (tertiary/aromatic N) is 1. The third kappa shape index (κ3) is 3.96. The molecule has 0 amide bonds. The molecule has 0 radical (unpaired) electrons. The quantitative estimate of drug-likeness (QED) is 0.833. The van der Waals surface area contributed by atoms with Crippen molar-refractivity contribution in [2.24, 2.45) is 0 Å². The van der Waals surface area contributed by atoms with Gasteiger partial charge in [-0.05, 0) is 12.8 Å². The third-order valence-electron chi connectivity index (χ3n) is 3.03. The van der Waals surface area contributed by atoms with Gasteiger partial charge in [0.1, 0.15) is 4.34 Å². The van der Waals surface area contributed by atoms with Gasteiger partial charge in [-0.2, -0.15) is 0 Å². The lowest BCUT2D eigenvalue weighted by Gasteiger charge is -2.17. The summed E-state index contributed by atoms with van der Waals surface area (Å²) in [5.74, 6) is -0.855. The minimum absolute atomic E-state index is 0.0235. The highest BCUT2D eigenvalue weighted by Crippen LogP contribution is 2.34. The fourth-order valence-electron chi connectivity index (χ4n) is 2.10. The predicted octanol–water partition coefficient (Wildman–Crippen LogP) is 2.56. The molecule has 0 spiro atoms. The molecular weight excluding hydrogens is 270 g/mol. The lowest BCUT2D eigenvalue weighted by molar-refractivity contribution is -0.136. The number of carbonyl (C=O) groups is 1. The van der Waals surface area contributed by atoms with Crippen LogP contribution in [0.1, 0.15) is 37.8 Å². The van der Waals surface area contributed by atoms with Crippen molar-refractivity contribution in [3.63, 3.8) is 0 Å². The highest BCUT2D eigenvalue weighted by atomic mass is 32.2. The number of aliphatic hydroxyl groups is 1. The molecule has 2 atom stereocenters. The van der Waals surface area contributed by atoms with Crippen molar-refractivity contribution in [2.45, 2.75) is 54.2 Å². The molecule has 1 aromatic rings. The van der Waals surface area contributed by atoms with Gasteiger partial charge < -0.3 is 10.2 Å². The Balaban J connectivity index is 1.95. The molecule has 100 valence electrons.